The Balaban J connectivity index is 1.74. The molecule has 2 unspecified atom stereocenters. The standard InChI is InChI=1S/C26H34N2O6/c1-26(14-16-28(25(26)30)21(24(29)33-4)7-5-6-15-27)18-8-10-19(11-9-18)34-20-12-13-22(31-2)23(17-20)32-3/h8-13,17,21H,5-7,14-16,27H2,1-4H3. The highest BCUT2D eigenvalue weighted by Gasteiger charge is 2.47. The van der Waals surface area contributed by atoms with E-state index in [1.807, 2.05) is 31.2 Å². The van der Waals surface area contributed by atoms with Crippen molar-refractivity contribution in [1.82, 2.24) is 4.90 Å². The SMILES string of the molecule is COC(=O)C(CCCCN)N1CCC(C)(c2ccc(Oc3ccc(OC)c(OC)c3)cc2)C1=O. The number of nitrogens with two attached hydrogens (primary N) is 1. The fraction of sp³-hybridized carbons (Fsp3) is 0.462. The number of amides is 1. The minimum absolute atomic E-state index is 0.0655. The second-order valence-corrected chi connectivity index (χ2v) is 8.55. The Bertz CT molecular complexity index is 993. The number of hydrogen-bond acceptors (Lipinski definition) is 7. The first-order chi connectivity index (χ1) is 16.4. The Morgan fingerprint density at radius 1 is 1.03 bits per heavy atom. The Labute approximate surface area is 200 Å². The number of carbonyl (C=O) groups is 2. The molecule has 184 valence electrons. The van der Waals surface area contributed by atoms with Gasteiger partial charge in [0.25, 0.3) is 0 Å². The fourth-order valence-corrected chi connectivity index (χ4v) is 4.36. The number of rotatable bonds is 11. The number of likely N-dealkylation sites (tertiary alicyclic amines) is 1. The van der Waals surface area contributed by atoms with E-state index in [1.54, 1.807) is 37.3 Å². The highest BCUT2D eigenvalue weighted by Crippen LogP contribution is 2.39. The van der Waals surface area contributed by atoms with Crippen molar-refractivity contribution in [2.75, 3.05) is 34.4 Å². The first-order valence-corrected chi connectivity index (χ1v) is 11.5. The van der Waals surface area contributed by atoms with Crippen LogP contribution in [0.15, 0.2) is 42.5 Å². The van der Waals surface area contributed by atoms with E-state index >= 15 is 0 Å². The van der Waals surface area contributed by atoms with Crippen molar-refractivity contribution in [3.05, 3.63) is 48.0 Å². The molecule has 1 fully saturated rings. The Kier molecular flexibility index (Phi) is 8.39. The van der Waals surface area contributed by atoms with Gasteiger partial charge in [-0.05, 0) is 69.0 Å². The van der Waals surface area contributed by atoms with Crippen molar-refractivity contribution >= 4 is 11.9 Å². The van der Waals surface area contributed by atoms with E-state index in [0.717, 1.165) is 18.4 Å². The smallest absolute Gasteiger partial charge is 0.328 e. The lowest BCUT2D eigenvalue weighted by molar-refractivity contribution is -0.152. The van der Waals surface area contributed by atoms with Crippen LogP contribution in [0.2, 0.25) is 0 Å². The summed E-state index contributed by atoms with van der Waals surface area (Å²) in [5.41, 5.74) is 5.75. The van der Waals surface area contributed by atoms with E-state index in [2.05, 4.69) is 0 Å². The average Bonchev–Trinajstić information content (AvgIpc) is 3.16. The number of methoxy groups -OCH3 is 3. The second kappa shape index (κ2) is 11.2. The highest BCUT2D eigenvalue weighted by molar-refractivity contribution is 5.93. The first kappa shape index (κ1) is 25.4. The van der Waals surface area contributed by atoms with Crippen LogP contribution < -0.4 is 19.9 Å². The molecule has 2 N–H and O–H groups in total. The van der Waals surface area contributed by atoms with E-state index in [1.165, 1.54) is 7.11 Å². The Hall–Kier alpha value is -3.26. The van der Waals surface area contributed by atoms with Gasteiger partial charge in [0.1, 0.15) is 17.5 Å². The molecular formula is C26H34N2O6. The zero-order valence-corrected chi connectivity index (χ0v) is 20.3. The van der Waals surface area contributed by atoms with Gasteiger partial charge in [-0.15, -0.1) is 0 Å². The maximum Gasteiger partial charge on any atom is 0.328 e. The van der Waals surface area contributed by atoms with E-state index < -0.39 is 11.5 Å². The summed E-state index contributed by atoms with van der Waals surface area (Å²) in [5.74, 6) is 2.00. The summed E-state index contributed by atoms with van der Waals surface area (Å²) in [6.07, 6.45) is 2.73. The normalized spacial score (nSPS) is 18.5. The minimum Gasteiger partial charge on any atom is -0.493 e. The number of hydrogen-bond donors (Lipinski definition) is 1. The summed E-state index contributed by atoms with van der Waals surface area (Å²) in [6.45, 7) is 2.98. The van der Waals surface area contributed by atoms with Crippen molar-refractivity contribution in [1.29, 1.82) is 0 Å². The van der Waals surface area contributed by atoms with Crippen LogP contribution in [0.1, 0.15) is 38.2 Å². The van der Waals surface area contributed by atoms with Crippen molar-refractivity contribution in [3.8, 4) is 23.0 Å². The summed E-state index contributed by atoms with van der Waals surface area (Å²) in [7, 11) is 4.51. The number of nitrogens with zero attached hydrogens (tertiary/aromatic N) is 1. The van der Waals surface area contributed by atoms with Gasteiger partial charge < -0.3 is 29.6 Å². The molecule has 2 atom stereocenters. The molecule has 34 heavy (non-hydrogen) atoms. The number of carbonyl (C=O) groups excluding carboxylic acids is 2. The third-order valence-electron chi connectivity index (χ3n) is 6.45. The van der Waals surface area contributed by atoms with Gasteiger partial charge in [0, 0.05) is 12.6 Å². The van der Waals surface area contributed by atoms with Gasteiger partial charge >= 0.3 is 5.97 Å². The zero-order valence-electron chi connectivity index (χ0n) is 20.3. The second-order valence-electron chi connectivity index (χ2n) is 8.55. The first-order valence-electron chi connectivity index (χ1n) is 11.5. The van der Waals surface area contributed by atoms with Gasteiger partial charge in [-0.1, -0.05) is 12.1 Å². The number of benzene rings is 2. The van der Waals surface area contributed by atoms with Crippen molar-refractivity contribution in [2.24, 2.45) is 5.73 Å². The third kappa shape index (κ3) is 5.28. The number of ether oxygens (including phenoxy) is 4. The van der Waals surface area contributed by atoms with Crippen LogP contribution in [0.3, 0.4) is 0 Å². The predicted molar refractivity (Wildman–Crippen MR) is 128 cm³/mol. The lowest BCUT2D eigenvalue weighted by Gasteiger charge is -2.29. The predicted octanol–water partition coefficient (Wildman–Crippen LogP) is 3.66. The van der Waals surface area contributed by atoms with Gasteiger partial charge in [-0.25, -0.2) is 4.79 Å². The summed E-state index contributed by atoms with van der Waals surface area (Å²) in [6, 6.07) is 12.2. The van der Waals surface area contributed by atoms with E-state index in [9.17, 15) is 9.59 Å². The molecule has 8 heteroatoms. The quantitative estimate of drug-likeness (QED) is 0.395. The van der Waals surface area contributed by atoms with Gasteiger partial charge in [-0.2, -0.15) is 0 Å². The van der Waals surface area contributed by atoms with Gasteiger partial charge in [-0.3, -0.25) is 4.79 Å². The Morgan fingerprint density at radius 2 is 1.71 bits per heavy atom. The molecule has 0 spiro atoms. The van der Waals surface area contributed by atoms with Crippen LogP contribution in [-0.2, 0) is 19.7 Å². The molecule has 2 aromatic rings. The van der Waals surface area contributed by atoms with Crippen LogP contribution in [-0.4, -0.2) is 57.2 Å². The molecule has 0 aliphatic carbocycles. The maximum absolute atomic E-state index is 13.5. The van der Waals surface area contributed by atoms with Crippen LogP contribution in [0.5, 0.6) is 23.0 Å². The van der Waals surface area contributed by atoms with Gasteiger partial charge in [0.2, 0.25) is 5.91 Å². The lowest BCUT2D eigenvalue weighted by Crippen LogP contribution is -2.46. The summed E-state index contributed by atoms with van der Waals surface area (Å²) >= 11 is 0. The van der Waals surface area contributed by atoms with Crippen LogP contribution in [0.25, 0.3) is 0 Å². The molecule has 3 rings (SSSR count). The molecule has 1 heterocycles. The maximum atomic E-state index is 13.5. The lowest BCUT2D eigenvalue weighted by atomic mass is 9.81. The topological polar surface area (TPSA) is 100 Å². The average molecular weight is 471 g/mol. The van der Waals surface area contributed by atoms with Crippen molar-refractivity contribution in [2.45, 2.75) is 44.1 Å². The molecule has 0 radical (unpaired) electrons. The van der Waals surface area contributed by atoms with E-state index in [4.69, 9.17) is 24.7 Å². The number of unbranched alkanes of at least 4 members (excludes halogenated alkanes) is 1. The highest BCUT2D eigenvalue weighted by atomic mass is 16.5. The largest absolute Gasteiger partial charge is 0.493 e. The molecule has 1 aliphatic heterocycles. The molecule has 0 saturated carbocycles. The molecule has 0 aromatic heterocycles. The minimum atomic E-state index is -0.720. The van der Waals surface area contributed by atoms with E-state index in [0.29, 0.717) is 48.9 Å². The Morgan fingerprint density at radius 3 is 2.32 bits per heavy atom. The zero-order chi connectivity index (χ0) is 24.7. The van der Waals surface area contributed by atoms with Crippen LogP contribution >= 0.6 is 0 Å². The molecule has 1 amide bonds. The van der Waals surface area contributed by atoms with E-state index in [-0.39, 0.29) is 11.9 Å². The van der Waals surface area contributed by atoms with Gasteiger partial charge in [0.05, 0.1) is 26.7 Å². The monoisotopic (exact) mass is 470 g/mol. The van der Waals surface area contributed by atoms with Crippen LogP contribution in [0, 0.1) is 0 Å². The summed E-state index contributed by atoms with van der Waals surface area (Å²) in [5, 5.41) is 0. The van der Waals surface area contributed by atoms with Gasteiger partial charge in [0.15, 0.2) is 11.5 Å². The van der Waals surface area contributed by atoms with Crippen molar-refractivity contribution < 1.29 is 28.5 Å². The molecule has 1 aliphatic rings. The fourth-order valence-electron chi connectivity index (χ4n) is 4.36. The summed E-state index contributed by atoms with van der Waals surface area (Å²) < 4.78 is 21.5. The van der Waals surface area contributed by atoms with Crippen LogP contribution in [0.4, 0.5) is 0 Å². The molecule has 0 bridgehead atoms. The molecule has 2 aromatic carbocycles. The third-order valence-corrected chi connectivity index (χ3v) is 6.45. The molecular weight excluding hydrogens is 436 g/mol. The molecule has 8 nitrogen and oxygen atoms in total. The summed E-state index contributed by atoms with van der Waals surface area (Å²) in [4.78, 5) is 27.5. The number of esters is 1. The molecule has 1 saturated heterocycles. The van der Waals surface area contributed by atoms with Crippen molar-refractivity contribution in [3.63, 3.8) is 0 Å².